The molecule has 0 bridgehead atoms. The molecule has 0 saturated carbocycles. The van der Waals surface area contributed by atoms with Crippen LogP contribution in [0.5, 0.6) is 5.75 Å². The minimum Gasteiger partial charge on any atom is -0.491 e. The van der Waals surface area contributed by atoms with Gasteiger partial charge in [-0.05, 0) is 72.3 Å². The molecule has 2 heterocycles. The summed E-state index contributed by atoms with van der Waals surface area (Å²) in [5.74, 6) is 0.600. The molecule has 5 nitrogen and oxygen atoms in total. The first-order valence-electron chi connectivity index (χ1n) is 11.4. The van der Waals surface area contributed by atoms with Gasteiger partial charge in [0.25, 0.3) is 11.1 Å². The average Bonchev–Trinajstić information content (AvgIpc) is 3.33. The Kier molecular flexibility index (Phi) is 7.37. The van der Waals surface area contributed by atoms with Crippen molar-refractivity contribution >= 4 is 71.7 Å². The Bertz CT molecular complexity index is 1490. The zero-order chi connectivity index (χ0) is 25.2. The number of amides is 2. The minimum atomic E-state index is -0.272. The van der Waals surface area contributed by atoms with Crippen molar-refractivity contribution in [3.05, 3.63) is 103 Å². The molecule has 1 fully saturated rings. The summed E-state index contributed by atoms with van der Waals surface area (Å²) in [6.45, 7) is 3.43. The summed E-state index contributed by atoms with van der Waals surface area (Å²) in [7, 11) is 0. The normalized spacial score (nSPS) is 14.9. The van der Waals surface area contributed by atoms with Crippen LogP contribution in [0.1, 0.15) is 16.7 Å². The lowest BCUT2D eigenvalue weighted by molar-refractivity contribution is -0.123. The lowest BCUT2D eigenvalue weighted by Crippen LogP contribution is -2.27. The molecule has 182 valence electrons. The van der Waals surface area contributed by atoms with Crippen molar-refractivity contribution in [3.63, 3.8) is 0 Å². The third kappa shape index (κ3) is 5.31. The highest BCUT2D eigenvalue weighted by atomic mass is 79.9. The molecule has 4 aromatic rings. The monoisotopic (exact) mass is 624 g/mol. The number of fused-ring (bicyclic) bond motifs is 1. The second-order valence-corrected chi connectivity index (χ2v) is 11.3. The molecule has 0 unspecified atom stereocenters. The number of benzene rings is 3. The van der Waals surface area contributed by atoms with Gasteiger partial charge in [-0.1, -0.05) is 62.2 Å². The van der Waals surface area contributed by atoms with Crippen molar-refractivity contribution in [1.82, 2.24) is 9.47 Å². The standard InChI is InChI=1S/C28H22Br2N2O3S/c1-18-4-2-3-5-25(18)35-13-12-31-17-20(23-15-22(30)10-11-24(23)31)14-26-27(33)32(28(34)36-26)16-19-6-8-21(29)9-7-19/h2-11,14-15,17H,12-13,16H2,1H3/b26-14-. The topological polar surface area (TPSA) is 51.5 Å². The number of nitrogens with zero attached hydrogens (tertiary/aromatic N) is 2. The predicted molar refractivity (Wildman–Crippen MR) is 152 cm³/mol. The number of aryl methyl sites for hydroxylation is 1. The van der Waals surface area contributed by atoms with Crippen LogP contribution in [0, 0.1) is 6.92 Å². The van der Waals surface area contributed by atoms with Gasteiger partial charge in [0.05, 0.1) is 18.0 Å². The lowest BCUT2D eigenvalue weighted by atomic mass is 10.1. The molecule has 1 aliphatic rings. The van der Waals surface area contributed by atoms with Gasteiger partial charge in [0.15, 0.2) is 0 Å². The van der Waals surface area contributed by atoms with Crippen molar-refractivity contribution in [2.24, 2.45) is 0 Å². The van der Waals surface area contributed by atoms with Crippen molar-refractivity contribution < 1.29 is 14.3 Å². The molecule has 36 heavy (non-hydrogen) atoms. The number of thioether (sulfide) groups is 1. The van der Waals surface area contributed by atoms with Gasteiger partial charge < -0.3 is 9.30 Å². The molecular formula is C28H22Br2N2O3S. The van der Waals surface area contributed by atoms with Crippen molar-refractivity contribution in [2.45, 2.75) is 20.0 Å². The summed E-state index contributed by atoms with van der Waals surface area (Å²) in [6.07, 6.45) is 3.83. The Labute approximate surface area is 230 Å². The van der Waals surface area contributed by atoms with Crippen molar-refractivity contribution in [3.8, 4) is 5.75 Å². The largest absolute Gasteiger partial charge is 0.491 e. The minimum absolute atomic E-state index is 0.249. The highest BCUT2D eigenvalue weighted by Crippen LogP contribution is 2.35. The summed E-state index contributed by atoms with van der Waals surface area (Å²) in [6, 6.07) is 21.6. The maximum atomic E-state index is 13.1. The van der Waals surface area contributed by atoms with E-state index in [1.54, 1.807) is 0 Å². The Hall–Kier alpha value is -2.81. The summed E-state index contributed by atoms with van der Waals surface area (Å²) in [4.78, 5) is 27.5. The van der Waals surface area contributed by atoms with E-state index < -0.39 is 0 Å². The molecule has 1 aliphatic heterocycles. The van der Waals surface area contributed by atoms with Crippen LogP contribution in [0.25, 0.3) is 17.0 Å². The lowest BCUT2D eigenvalue weighted by Gasteiger charge is -2.12. The highest BCUT2D eigenvalue weighted by molar-refractivity contribution is 9.10. The van der Waals surface area contributed by atoms with Crippen molar-refractivity contribution in [1.29, 1.82) is 0 Å². The molecule has 5 rings (SSSR count). The van der Waals surface area contributed by atoms with Crippen LogP contribution in [0.4, 0.5) is 4.79 Å². The van der Waals surface area contributed by atoms with Crippen LogP contribution in [-0.4, -0.2) is 27.2 Å². The van der Waals surface area contributed by atoms with Crippen LogP contribution in [-0.2, 0) is 17.9 Å². The second-order valence-electron chi connectivity index (χ2n) is 8.45. The van der Waals surface area contributed by atoms with Gasteiger partial charge >= 0.3 is 0 Å². The van der Waals surface area contributed by atoms with Crippen LogP contribution in [0.15, 0.2) is 86.8 Å². The first kappa shape index (κ1) is 24.9. The molecule has 1 aromatic heterocycles. The fourth-order valence-corrected chi connectivity index (χ4v) is 5.57. The quantitative estimate of drug-likeness (QED) is 0.197. The van der Waals surface area contributed by atoms with Crippen LogP contribution >= 0.6 is 43.6 Å². The van der Waals surface area contributed by atoms with E-state index in [1.807, 2.05) is 85.9 Å². The maximum absolute atomic E-state index is 13.1. The molecule has 0 spiro atoms. The molecule has 3 aromatic carbocycles. The summed E-state index contributed by atoms with van der Waals surface area (Å²) < 4.78 is 10.0. The number of imide groups is 1. The van der Waals surface area contributed by atoms with Crippen LogP contribution < -0.4 is 4.74 Å². The molecule has 0 aliphatic carbocycles. The first-order chi connectivity index (χ1) is 17.4. The summed E-state index contributed by atoms with van der Waals surface area (Å²) in [5.41, 5.74) is 3.91. The molecule has 1 saturated heterocycles. The molecular weight excluding hydrogens is 604 g/mol. The molecule has 8 heteroatoms. The first-order valence-corrected chi connectivity index (χ1v) is 13.8. The van der Waals surface area contributed by atoms with Crippen LogP contribution in [0.3, 0.4) is 0 Å². The second kappa shape index (κ2) is 10.7. The number of rotatable bonds is 7. The number of para-hydroxylation sites is 1. The number of hydrogen-bond donors (Lipinski definition) is 0. The smallest absolute Gasteiger partial charge is 0.293 e. The van der Waals surface area contributed by atoms with Gasteiger partial charge in [-0.15, -0.1) is 0 Å². The Morgan fingerprint density at radius 2 is 1.72 bits per heavy atom. The number of aromatic nitrogens is 1. The predicted octanol–water partition coefficient (Wildman–Crippen LogP) is 7.79. The van der Waals surface area contributed by atoms with Gasteiger partial charge in [-0.25, -0.2) is 0 Å². The Morgan fingerprint density at radius 1 is 0.972 bits per heavy atom. The van der Waals surface area contributed by atoms with Gasteiger partial charge in [0, 0.05) is 31.6 Å². The van der Waals surface area contributed by atoms with E-state index in [0.29, 0.717) is 18.1 Å². The third-order valence-electron chi connectivity index (χ3n) is 5.97. The van der Waals surface area contributed by atoms with E-state index in [0.717, 1.165) is 54.1 Å². The van der Waals surface area contributed by atoms with E-state index >= 15 is 0 Å². The van der Waals surface area contributed by atoms with E-state index in [4.69, 9.17) is 4.74 Å². The zero-order valence-corrected chi connectivity index (χ0v) is 23.4. The number of hydrogen-bond acceptors (Lipinski definition) is 4. The van der Waals surface area contributed by atoms with E-state index in [-0.39, 0.29) is 17.7 Å². The maximum Gasteiger partial charge on any atom is 0.293 e. The third-order valence-corrected chi connectivity index (χ3v) is 7.90. The van der Waals surface area contributed by atoms with Gasteiger partial charge in [-0.3, -0.25) is 14.5 Å². The SMILES string of the molecule is Cc1ccccc1OCCn1cc(/C=C2\SC(=O)N(Cc3ccc(Br)cc3)C2=O)c2cc(Br)ccc21. The van der Waals surface area contributed by atoms with Crippen molar-refractivity contribution in [2.75, 3.05) is 6.61 Å². The van der Waals surface area contributed by atoms with Gasteiger partial charge in [0.1, 0.15) is 12.4 Å². The number of halogens is 2. The number of carbonyl (C=O) groups excluding carboxylic acids is 2. The molecule has 0 radical (unpaired) electrons. The fourth-order valence-electron chi connectivity index (χ4n) is 4.12. The number of carbonyl (C=O) groups is 2. The van der Waals surface area contributed by atoms with E-state index in [1.165, 1.54) is 4.90 Å². The highest BCUT2D eigenvalue weighted by Gasteiger charge is 2.35. The molecule has 0 atom stereocenters. The van der Waals surface area contributed by atoms with E-state index in [9.17, 15) is 9.59 Å². The molecule has 2 amide bonds. The Balaban J connectivity index is 1.39. The Morgan fingerprint density at radius 3 is 2.50 bits per heavy atom. The zero-order valence-electron chi connectivity index (χ0n) is 19.4. The average molecular weight is 626 g/mol. The fraction of sp³-hybridized carbons (Fsp3) is 0.143. The molecule has 0 N–H and O–H groups in total. The summed E-state index contributed by atoms with van der Waals surface area (Å²) in [5, 5.41) is 0.741. The van der Waals surface area contributed by atoms with Gasteiger partial charge in [-0.2, -0.15) is 0 Å². The van der Waals surface area contributed by atoms with Gasteiger partial charge in [0.2, 0.25) is 0 Å². The van der Waals surface area contributed by atoms with Crippen LogP contribution in [0.2, 0.25) is 0 Å². The summed E-state index contributed by atoms with van der Waals surface area (Å²) >= 11 is 7.95. The van der Waals surface area contributed by atoms with E-state index in [2.05, 4.69) is 36.4 Å². The number of ether oxygens (including phenoxy) is 1.